The summed E-state index contributed by atoms with van der Waals surface area (Å²) in [5.41, 5.74) is 0. The first-order valence-electron chi connectivity index (χ1n) is 5.62. The maximum Gasteiger partial charge on any atom is 0.250 e. The fourth-order valence-corrected chi connectivity index (χ4v) is 4.65. The second-order valence-electron chi connectivity index (χ2n) is 3.88. The van der Waals surface area contributed by atoms with Crippen molar-refractivity contribution in [1.29, 1.82) is 0 Å². The van der Waals surface area contributed by atoms with E-state index >= 15 is 0 Å². The van der Waals surface area contributed by atoms with Gasteiger partial charge in [-0.2, -0.15) is 0 Å². The van der Waals surface area contributed by atoms with Crippen molar-refractivity contribution < 1.29 is 13.5 Å². The lowest BCUT2D eigenvalue weighted by atomic mass is 10.4. The van der Waals surface area contributed by atoms with Crippen LogP contribution in [0.3, 0.4) is 0 Å². The van der Waals surface area contributed by atoms with Crippen molar-refractivity contribution in [3.8, 4) is 0 Å². The van der Waals surface area contributed by atoms with Crippen LogP contribution in [0, 0.1) is 6.92 Å². The molecule has 0 aliphatic heterocycles. The number of thiazole rings is 1. The Labute approximate surface area is 120 Å². The fourth-order valence-electron chi connectivity index (χ4n) is 1.46. The molecule has 2 aromatic heterocycles. The van der Waals surface area contributed by atoms with Crippen molar-refractivity contribution in [2.45, 2.75) is 24.1 Å². The number of nitrogens with zero attached hydrogens (tertiary/aromatic N) is 1. The Bertz CT molecular complexity index is 646. The Morgan fingerprint density at radius 3 is 2.79 bits per heavy atom. The van der Waals surface area contributed by atoms with E-state index in [-0.39, 0.29) is 17.4 Å². The van der Waals surface area contributed by atoms with E-state index in [9.17, 15) is 8.42 Å². The normalized spacial score (nSPS) is 11.9. The lowest BCUT2D eigenvalue weighted by Gasteiger charge is -2.02. The Hall–Kier alpha value is -0.800. The standard InChI is InChI=1S/C11H14N2O3S3/c1-8-6-12-10(17-8)7-13-19(15,16)11-3-2-9(18-11)4-5-14/h2-3,6,13-14H,4-5,7H2,1H3. The number of thiophene rings is 1. The van der Waals surface area contributed by atoms with Crippen LogP contribution < -0.4 is 4.72 Å². The zero-order chi connectivity index (χ0) is 13.9. The molecule has 0 fully saturated rings. The minimum Gasteiger partial charge on any atom is -0.396 e. The summed E-state index contributed by atoms with van der Waals surface area (Å²) in [7, 11) is -3.49. The van der Waals surface area contributed by atoms with Gasteiger partial charge in [0, 0.05) is 29.0 Å². The van der Waals surface area contributed by atoms with Crippen LogP contribution in [0.5, 0.6) is 0 Å². The zero-order valence-corrected chi connectivity index (χ0v) is 12.7. The van der Waals surface area contributed by atoms with Crippen LogP contribution in [-0.4, -0.2) is 25.1 Å². The molecule has 0 saturated carbocycles. The first-order chi connectivity index (χ1) is 9.01. The summed E-state index contributed by atoms with van der Waals surface area (Å²) >= 11 is 2.65. The predicted molar refractivity (Wildman–Crippen MR) is 76.0 cm³/mol. The molecule has 2 heterocycles. The van der Waals surface area contributed by atoms with E-state index in [0.717, 1.165) is 14.8 Å². The molecule has 2 N–H and O–H groups in total. The van der Waals surface area contributed by atoms with Gasteiger partial charge < -0.3 is 5.11 Å². The van der Waals surface area contributed by atoms with Crippen molar-refractivity contribution in [2.24, 2.45) is 0 Å². The van der Waals surface area contributed by atoms with Crippen LogP contribution in [0.2, 0.25) is 0 Å². The van der Waals surface area contributed by atoms with Gasteiger partial charge in [0.1, 0.15) is 9.22 Å². The maximum atomic E-state index is 12.0. The highest BCUT2D eigenvalue weighted by molar-refractivity contribution is 7.91. The summed E-state index contributed by atoms with van der Waals surface area (Å²) in [6, 6.07) is 3.29. The van der Waals surface area contributed by atoms with Crippen molar-refractivity contribution in [1.82, 2.24) is 9.71 Å². The van der Waals surface area contributed by atoms with Gasteiger partial charge in [0.05, 0.1) is 6.54 Å². The third-order valence-electron chi connectivity index (χ3n) is 2.34. The van der Waals surface area contributed by atoms with Crippen molar-refractivity contribution in [3.05, 3.63) is 33.1 Å². The third-order valence-corrected chi connectivity index (χ3v) is 6.29. The van der Waals surface area contributed by atoms with Gasteiger partial charge in [-0.05, 0) is 19.1 Å². The molecule has 0 aliphatic carbocycles. The minimum absolute atomic E-state index is 0.0197. The molecule has 0 spiro atoms. The average Bonchev–Trinajstić information content (AvgIpc) is 2.97. The van der Waals surface area contributed by atoms with Crippen molar-refractivity contribution in [3.63, 3.8) is 0 Å². The summed E-state index contributed by atoms with van der Waals surface area (Å²) < 4.78 is 26.9. The highest BCUT2D eigenvalue weighted by Gasteiger charge is 2.17. The lowest BCUT2D eigenvalue weighted by Crippen LogP contribution is -2.22. The number of hydrogen-bond donors (Lipinski definition) is 2. The van der Waals surface area contributed by atoms with Gasteiger partial charge in [0.2, 0.25) is 10.0 Å². The Balaban J connectivity index is 2.04. The summed E-state index contributed by atoms with van der Waals surface area (Å²) in [4.78, 5) is 6.02. The van der Waals surface area contributed by atoms with Crippen LogP contribution in [0.25, 0.3) is 0 Å². The lowest BCUT2D eigenvalue weighted by molar-refractivity contribution is 0.300. The molecule has 104 valence electrons. The van der Waals surface area contributed by atoms with Gasteiger partial charge in [-0.1, -0.05) is 0 Å². The fraction of sp³-hybridized carbons (Fsp3) is 0.364. The molecule has 0 saturated heterocycles. The first-order valence-corrected chi connectivity index (χ1v) is 8.73. The molecule has 0 atom stereocenters. The number of aryl methyl sites for hydroxylation is 1. The number of sulfonamides is 1. The summed E-state index contributed by atoms with van der Waals surface area (Å²) in [6.07, 6.45) is 2.20. The van der Waals surface area contributed by atoms with E-state index in [1.165, 1.54) is 22.7 Å². The molecule has 5 nitrogen and oxygen atoms in total. The predicted octanol–water partition coefficient (Wildman–Crippen LogP) is 1.53. The minimum atomic E-state index is -3.49. The molecule has 2 rings (SSSR count). The highest BCUT2D eigenvalue weighted by Crippen LogP contribution is 2.22. The second-order valence-corrected chi connectivity index (χ2v) is 8.36. The molecule has 19 heavy (non-hydrogen) atoms. The second kappa shape index (κ2) is 6.10. The average molecular weight is 318 g/mol. The molecule has 8 heteroatoms. The van der Waals surface area contributed by atoms with Crippen LogP contribution in [0.15, 0.2) is 22.5 Å². The molecular weight excluding hydrogens is 304 g/mol. The summed E-state index contributed by atoms with van der Waals surface area (Å²) in [5, 5.41) is 9.56. The van der Waals surface area contributed by atoms with E-state index in [4.69, 9.17) is 5.11 Å². The number of aromatic nitrogens is 1. The number of rotatable bonds is 6. The van der Waals surface area contributed by atoms with E-state index in [0.29, 0.717) is 6.42 Å². The molecular formula is C11H14N2O3S3. The van der Waals surface area contributed by atoms with Gasteiger partial charge >= 0.3 is 0 Å². The van der Waals surface area contributed by atoms with E-state index in [1.54, 1.807) is 18.3 Å². The van der Waals surface area contributed by atoms with Crippen LogP contribution in [0.4, 0.5) is 0 Å². The number of nitrogens with one attached hydrogen (secondary N) is 1. The third kappa shape index (κ3) is 3.83. The molecule has 0 amide bonds. The smallest absolute Gasteiger partial charge is 0.250 e. The van der Waals surface area contributed by atoms with Crippen molar-refractivity contribution >= 4 is 32.7 Å². The topological polar surface area (TPSA) is 79.3 Å². The van der Waals surface area contributed by atoms with Gasteiger partial charge in [-0.25, -0.2) is 18.1 Å². The van der Waals surface area contributed by atoms with E-state index in [1.807, 2.05) is 6.92 Å². The van der Waals surface area contributed by atoms with Gasteiger partial charge in [-0.15, -0.1) is 22.7 Å². The van der Waals surface area contributed by atoms with Crippen LogP contribution in [-0.2, 0) is 23.0 Å². The monoisotopic (exact) mass is 318 g/mol. The van der Waals surface area contributed by atoms with Gasteiger partial charge in [-0.3, -0.25) is 0 Å². The number of aliphatic hydroxyl groups is 1. The van der Waals surface area contributed by atoms with Gasteiger partial charge in [0.25, 0.3) is 0 Å². The SMILES string of the molecule is Cc1cnc(CNS(=O)(=O)c2ccc(CCO)s2)s1. The van der Waals surface area contributed by atoms with Crippen molar-refractivity contribution in [2.75, 3.05) is 6.61 Å². The maximum absolute atomic E-state index is 12.0. The highest BCUT2D eigenvalue weighted by atomic mass is 32.2. The zero-order valence-electron chi connectivity index (χ0n) is 10.3. The quantitative estimate of drug-likeness (QED) is 0.846. The molecule has 0 radical (unpaired) electrons. The van der Waals surface area contributed by atoms with Crippen LogP contribution in [0.1, 0.15) is 14.8 Å². The van der Waals surface area contributed by atoms with E-state index in [2.05, 4.69) is 9.71 Å². The van der Waals surface area contributed by atoms with Gasteiger partial charge in [0.15, 0.2) is 0 Å². The largest absolute Gasteiger partial charge is 0.396 e. The number of aliphatic hydroxyl groups excluding tert-OH is 1. The number of hydrogen-bond acceptors (Lipinski definition) is 6. The Morgan fingerprint density at radius 1 is 1.37 bits per heavy atom. The summed E-state index contributed by atoms with van der Waals surface area (Å²) in [5.74, 6) is 0. The van der Waals surface area contributed by atoms with E-state index < -0.39 is 10.0 Å². The molecule has 0 aromatic carbocycles. The Kier molecular flexibility index (Phi) is 4.69. The molecule has 0 unspecified atom stereocenters. The Morgan fingerprint density at radius 2 is 2.16 bits per heavy atom. The first kappa shape index (κ1) is 14.6. The molecule has 0 bridgehead atoms. The molecule has 2 aromatic rings. The van der Waals surface area contributed by atoms with Crippen LogP contribution >= 0.6 is 22.7 Å². The summed E-state index contributed by atoms with van der Waals surface area (Å²) in [6.45, 7) is 2.15. The molecule has 0 aliphatic rings.